The van der Waals surface area contributed by atoms with E-state index in [2.05, 4.69) is 28.9 Å². The Morgan fingerprint density at radius 3 is 2.73 bits per heavy atom. The van der Waals surface area contributed by atoms with E-state index in [9.17, 15) is 0 Å². The normalized spacial score (nSPS) is 12.0. The lowest BCUT2D eigenvalue weighted by atomic mass is 10.1. The summed E-state index contributed by atoms with van der Waals surface area (Å²) in [5, 5.41) is 4.06. The van der Waals surface area contributed by atoms with Gasteiger partial charge in [0.05, 0.1) is 18.1 Å². The van der Waals surface area contributed by atoms with Crippen LogP contribution in [0.25, 0.3) is 5.65 Å². The molecule has 0 amide bonds. The van der Waals surface area contributed by atoms with Crippen LogP contribution in [-0.4, -0.2) is 19.6 Å². The van der Waals surface area contributed by atoms with Crippen LogP contribution < -0.4 is 0 Å². The van der Waals surface area contributed by atoms with Crippen LogP contribution in [0.5, 0.6) is 0 Å². The Morgan fingerprint density at radius 2 is 2.07 bits per heavy atom. The van der Waals surface area contributed by atoms with E-state index in [1.165, 1.54) is 6.33 Å². The van der Waals surface area contributed by atoms with Crippen molar-refractivity contribution in [1.82, 2.24) is 19.6 Å². The third kappa shape index (κ3) is 2.52. The molecule has 0 aromatic carbocycles. The zero-order chi connectivity index (χ0) is 11.3. The lowest BCUT2D eigenvalue weighted by molar-refractivity contribution is 0.696. The van der Waals surface area contributed by atoms with Crippen LogP contribution in [0.15, 0.2) is 18.7 Å². The quantitative estimate of drug-likeness (QED) is 0.758. The van der Waals surface area contributed by atoms with Gasteiger partial charge in [0, 0.05) is 0 Å². The third-order valence-corrected chi connectivity index (χ3v) is 2.30. The van der Waals surface area contributed by atoms with Gasteiger partial charge >= 0.3 is 0 Å². The van der Waals surface area contributed by atoms with Gasteiger partial charge in [0.1, 0.15) is 6.33 Å². The molecule has 1 unspecified atom stereocenters. The van der Waals surface area contributed by atoms with Crippen molar-refractivity contribution in [3.63, 3.8) is 0 Å². The number of fused-ring (bicyclic) bond motifs is 1. The van der Waals surface area contributed by atoms with Gasteiger partial charge in [0.25, 0.3) is 0 Å². The Morgan fingerprint density at radius 1 is 1.33 bits per heavy atom. The fourth-order valence-corrected chi connectivity index (χ4v) is 1.21. The molecule has 0 aliphatic heterocycles. The summed E-state index contributed by atoms with van der Waals surface area (Å²) in [6.45, 7) is 8.31. The monoisotopic (exact) mass is 206 g/mol. The fourth-order valence-electron chi connectivity index (χ4n) is 1.21. The average Bonchev–Trinajstić information content (AvgIpc) is 2.77. The summed E-state index contributed by atoms with van der Waals surface area (Å²) in [6, 6.07) is 0. The van der Waals surface area contributed by atoms with Crippen molar-refractivity contribution in [2.45, 2.75) is 40.0 Å². The van der Waals surface area contributed by atoms with Crippen LogP contribution in [0.3, 0.4) is 0 Å². The summed E-state index contributed by atoms with van der Waals surface area (Å²) in [7, 11) is 0. The molecule has 0 saturated heterocycles. The number of nitrogens with zero attached hydrogens (tertiary/aromatic N) is 4. The first-order valence-corrected chi connectivity index (χ1v) is 5.46. The summed E-state index contributed by atoms with van der Waals surface area (Å²) in [6.07, 6.45) is 6.33. The molecule has 2 heterocycles. The molecule has 2 aromatic heterocycles. The number of hydrogen-bond acceptors (Lipinski definition) is 3. The van der Waals surface area contributed by atoms with E-state index in [1.54, 1.807) is 10.7 Å². The van der Waals surface area contributed by atoms with Crippen molar-refractivity contribution >= 4 is 5.65 Å². The van der Waals surface area contributed by atoms with Gasteiger partial charge in [-0.25, -0.2) is 9.50 Å². The Kier molecular flexibility index (Phi) is 4.21. The number of rotatable bonds is 2. The topological polar surface area (TPSA) is 43.1 Å². The first-order chi connectivity index (χ1) is 7.31. The van der Waals surface area contributed by atoms with Crippen molar-refractivity contribution in [2.75, 3.05) is 0 Å². The molecule has 0 fully saturated rings. The van der Waals surface area contributed by atoms with Crippen molar-refractivity contribution < 1.29 is 0 Å². The SMILES string of the molecule is CC.CCC(C)c1cn2ncnc2cn1. The molecule has 4 heteroatoms. The molecule has 0 radical (unpaired) electrons. The predicted molar refractivity (Wildman–Crippen MR) is 60.8 cm³/mol. The highest BCUT2D eigenvalue weighted by Crippen LogP contribution is 2.15. The molecule has 0 aliphatic rings. The van der Waals surface area contributed by atoms with Crippen LogP contribution in [0.4, 0.5) is 0 Å². The summed E-state index contributed by atoms with van der Waals surface area (Å²) in [5.41, 5.74) is 1.87. The smallest absolute Gasteiger partial charge is 0.173 e. The minimum Gasteiger partial charge on any atom is -0.255 e. The maximum absolute atomic E-state index is 4.33. The number of hydrogen-bond donors (Lipinski definition) is 0. The minimum absolute atomic E-state index is 0.480. The van der Waals surface area contributed by atoms with Crippen LogP contribution in [0.2, 0.25) is 0 Å². The zero-order valence-electron chi connectivity index (χ0n) is 9.81. The second kappa shape index (κ2) is 5.44. The maximum Gasteiger partial charge on any atom is 0.173 e. The molecular weight excluding hydrogens is 188 g/mol. The summed E-state index contributed by atoms with van der Waals surface area (Å²) in [4.78, 5) is 8.36. The predicted octanol–water partition coefficient (Wildman–Crippen LogP) is 2.66. The molecule has 0 aliphatic carbocycles. The van der Waals surface area contributed by atoms with Gasteiger partial charge in [-0.1, -0.05) is 27.7 Å². The van der Waals surface area contributed by atoms with E-state index in [1.807, 2.05) is 20.0 Å². The van der Waals surface area contributed by atoms with E-state index >= 15 is 0 Å². The molecule has 82 valence electrons. The van der Waals surface area contributed by atoms with Gasteiger partial charge in [-0.05, 0) is 12.3 Å². The van der Waals surface area contributed by atoms with Gasteiger partial charge in [0.2, 0.25) is 0 Å². The summed E-state index contributed by atoms with van der Waals surface area (Å²) >= 11 is 0. The second-order valence-corrected chi connectivity index (χ2v) is 3.18. The van der Waals surface area contributed by atoms with E-state index in [0.717, 1.165) is 17.8 Å². The van der Waals surface area contributed by atoms with Crippen molar-refractivity contribution in [2.24, 2.45) is 0 Å². The van der Waals surface area contributed by atoms with E-state index in [-0.39, 0.29) is 0 Å². The molecule has 2 rings (SSSR count). The molecule has 0 saturated carbocycles. The van der Waals surface area contributed by atoms with Crippen molar-refractivity contribution in [3.05, 3.63) is 24.4 Å². The zero-order valence-corrected chi connectivity index (χ0v) is 9.81. The second-order valence-electron chi connectivity index (χ2n) is 3.18. The van der Waals surface area contributed by atoms with Gasteiger partial charge in [-0.3, -0.25) is 4.98 Å². The Hall–Kier alpha value is -1.45. The maximum atomic E-state index is 4.33. The van der Waals surface area contributed by atoms with Crippen LogP contribution in [0, 0.1) is 0 Å². The van der Waals surface area contributed by atoms with Crippen molar-refractivity contribution in [3.8, 4) is 0 Å². The third-order valence-electron chi connectivity index (χ3n) is 2.30. The first kappa shape index (κ1) is 11.6. The molecule has 1 atom stereocenters. The summed E-state index contributed by atoms with van der Waals surface area (Å²) < 4.78 is 1.76. The minimum atomic E-state index is 0.480. The average molecular weight is 206 g/mol. The van der Waals surface area contributed by atoms with Crippen LogP contribution in [0.1, 0.15) is 45.7 Å². The standard InChI is InChI=1S/C9H12N4.C2H6/c1-3-7(2)8-5-13-9(4-10-8)11-6-12-13;1-2/h4-7H,3H2,1-2H3;1-2H3. The first-order valence-electron chi connectivity index (χ1n) is 5.46. The number of aromatic nitrogens is 4. The Balaban J connectivity index is 0.000000531. The highest BCUT2D eigenvalue weighted by molar-refractivity contribution is 5.32. The van der Waals surface area contributed by atoms with Gasteiger partial charge in [-0.2, -0.15) is 5.10 Å². The fraction of sp³-hybridized carbons (Fsp3) is 0.545. The van der Waals surface area contributed by atoms with Gasteiger partial charge in [0.15, 0.2) is 5.65 Å². The van der Waals surface area contributed by atoms with E-state index in [4.69, 9.17) is 0 Å². The van der Waals surface area contributed by atoms with E-state index < -0.39 is 0 Å². The van der Waals surface area contributed by atoms with E-state index in [0.29, 0.717) is 5.92 Å². The molecule has 4 nitrogen and oxygen atoms in total. The van der Waals surface area contributed by atoms with Crippen LogP contribution in [-0.2, 0) is 0 Å². The molecule has 15 heavy (non-hydrogen) atoms. The Bertz CT molecular complexity index is 408. The largest absolute Gasteiger partial charge is 0.255 e. The van der Waals surface area contributed by atoms with Gasteiger partial charge in [-0.15, -0.1) is 0 Å². The molecule has 0 N–H and O–H groups in total. The van der Waals surface area contributed by atoms with Crippen molar-refractivity contribution in [1.29, 1.82) is 0 Å². The van der Waals surface area contributed by atoms with Gasteiger partial charge < -0.3 is 0 Å². The van der Waals surface area contributed by atoms with Crippen LogP contribution >= 0.6 is 0 Å². The highest BCUT2D eigenvalue weighted by Gasteiger charge is 2.05. The highest BCUT2D eigenvalue weighted by atomic mass is 15.3. The molecule has 0 spiro atoms. The lowest BCUT2D eigenvalue weighted by Crippen LogP contribution is -1.99. The molecular formula is C11H18N4. The Labute approximate surface area is 90.4 Å². The lowest BCUT2D eigenvalue weighted by Gasteiger charge is -2.06. The molecule has 0 bridgehead atoms. The molecule has 2 aromatic rings. The summed E-state index contributed by atoms with van der Waals surface area (Å²) in [5.74, 6) is 0.480.